The van der Waals surface area contributed by atoms with Crippen molar-refractivity contribution >= 4 is 17.1 Å². The van der Waals surface area contributed by atoms with E-state index in [-0.39, 0.29) is 22.7 Å². The molecule has 1 aromatic carbocycles. The number of carbonyl (C=O) groups is 1. The van der Waals surface area contributed by atoms with Gasteiger partial charge in [0.05, 0.1) is 19.8 Å². The van der Waals surface area contributed by atoms with Crippen molar-refractivity contribution in [2.75, 3.05) is 33.9 Å². The van der Waals surface area contributed by atoms with Crippen molar-refractivity contribution in [1.29, 1.82) is 0 Å². The van der Waals surface area contributed by atoms with Crippen LogP contribution in [-0.4, -0.2) is 50.0 Å². The largest absolute Gasteiger partial charge is 0.871 e. The smallest absolute Gasteiger partial charge is 0.203 e. The van der Waals surface area contributed by atoms with E-state index < -0.39 is 0 Å². The van der Waals surface area contributed by atoms with Gasteiger partial charge in [0.2, 0.25) is 5.75 Å². The normalized spacial score (nSPS) is 13.8. The van der Waals surface area contributed by atoms with Crippen LogP contribution < -0.4 is 19.3 Å². The minimum atomic E-state index is -0.224. The molecule has 0 fully saturated rings. The van der Waals surface area contributed by atoms with Crippen molar-refractivity contribution in [2.24, 2.45) is 0 Å². The molecule has 0 atom stereocenters. The third-order valence-corrected chi connectivity index (χ3v) is 12.1. The molecule has 0 saturated heterocycles. The standard InChI is InChI=1S/C54H87NO5/c1-6-9-12-15-18-21-24-27-30-33-40-58-48-43-46(51-52(56)50(53(51)57)45-36-38-47(39-37-45)55(4)5)44-49(59-41-34-31-28-25-22-19-16-13-10-7-2)54(48)60-42-35-32-29-26-23-20-17-14-11-8-3/h36-39,43-44H,6-35,40-42H2,1-5H3. The van der Waals surface area contributed by atoms with E-state index in [0.717, 1.165) is 44.2 Å². The number of ketones is 1. The lowest BCUT2D eigenvalue weighted by Gasteiger charge is -2.32. The highest BCUT2D eigenvalue weighted by Crippen LogP contribution is 2.45. The van der Waals surface area contributed by atoms with Crippen LogP contribution in [0, 0.1) is 0 Å². The summed E-state index contributed by atoms with van der Waals surface area (Å²) >= 11 is 0. The molecule has 0 amide bonds. The fraction of sp³-hybridized carbons (Fsp3) is 0.704. The van der Waals surface area contributed by atoms with Gasteiger partial charge in [-0.3, -0.25) is 4.79 Å². The summed E-state index contributed by atoms with van der Waals surface area (Å²) in [5.41, 5.74) is 2.68. The number of hydrogen-bond acceptors (Lipinski definition) is 5. The molecule has 0 radical (unpaired) electrons. The van der Waals surface area contributed by atoms with E-state index in [1.165, 1.54) is 154 Å². The predicted molar refractivity (Wildman–Crippen MR) is 253 cm³/mol. The van der Waals surface area contributed by atoms with Gasteiger partial charge in [-0.15, -0.1) is 0 Å². The van der Waals surface area contributed by atoms with Crippen LogP contribution >= 0.6 is 0 Å². The van der Waals surface area contributed by atoms with Crippen molar-refractivity contribution in [3.8, 4) is 17.2 Å². The fourth-order valence-corrected chi connectivity index (χ4v) is 8.23. The Hall–Kier alpha value is -3.28. The molecule has 1 aromatic rings. The molecule has 0 spiro atoms. The van der Waals surface area contributed by atoms with Crippen LogP contribution in [0.3, 0.4) is 0 Å². The lowest BCUT2D eigenvalue weighted by molar-refractivity contribution is -0.462. The molecule has 0 N–H and O–H groups in total. The first-order valence-corrected chi connectivity index (χ1v) is 25.1. The Bertz CT molecular complexity index is 1440. The third-order valence-electron chi connectivity index (χ3n) is 12.1. The Balaban J connectivity index is 1.74. The van der Waals surface area contributed by atoms with Crippen LogP contribution in [0.15, 0.2) is 53.3 Å². The first-order valence-electron chi connectivity index (χ1n) is 25.1. The molecule has 3 rings (SSSR count). The summed E-state index contributed by atoms with van der Waals surface area (Å²) < 4.78 is 21.6. The van der Waals surface area contributed by atoms with Crippen molar-refractivity contribution < 1.29 is 28.7 Å². The number of unbranched alkanes of at least 4 members (excludes halogenated alkanes) is 27. The molecule has 0 heterocycles. The Labute approximate surface area is 368 Å². The van der Waals surface area contributed by atoms with Gasteiger partial charge in [0.1, 0.15) is 14.1 Å². The number of benzene rings is 1. The Morgan fingerprint density at radius 3 is 1.12 bits per heavy atom. The summed E-state index contributed by atoms with van der Waals surface area (Å²) in [7, 11) is 3.95. The Kier molecular flexibility index (Phi) is 27.6. The first kappa shape index (κ1) is 51.1. The van der Waals surface area contributed by atoms with E-state index in [0.29, 0.717) is 48.2 Å². The molecule has 6 nitrogen and oxygen atoms in total. The van der Waals surface area contributed by atoms with E-state index >= 15 is 0 Å². The molecule has 0 aromatic heterocycles. The summed E-state index contributed by atoms with van der Waals surface area (Å²) in [5.74, 6) is 1.31. The summed E-state index contributed by atoms with van der Waals surface area (Å²) in [6, 6.07) is 3.71. The monoisotopic (exact) mass is 830 g/mol. The second kappa shape index (κ2) is 32.4. The number of rotatable bonds is 37. The number of carbonyl (C=O) groups excluding carboxylic acids is 1. The van der Waals surface area contributed by atoms with E-state index in [1.807, 2.05) is 55.1 Å². The number of Topliss-reactive ketones (excluding diaryl/α,β-unsaturated/α-hetero) is 1. The van der Waals surface area contributed by atoms with Gasteiger partial charge < -0.3 is 19.3 Å². The van der Waals surface area contributed by atoms with Gasteiger partial charge in [0.15, 0.2) is 23.0 Å². The van der Waals surface area contributed by atoms with Crippen molar-refractivity contribution in [3.63, 3.8) is 0 Å². The Morgan fingerprint density at radius 2 is 0.783 bits per heavy atom. The molecule has 2 aliphatic rings. The van der Waals surface area contributed by atoms with Gasteiger partial charge in [-0.1, -0.05) is 200 Å². The number of allylic oxidation sites excluding steroid dienone is 7. The van der Waals surface area contributed by atoms with Gasteiger partial charge in [-0.05, 0) is 54.7 Å². The van der Waals surface area contributed by atoms with E-state index in [9.17, 15) is 9.90 Å². The predicted octanol–water partition coefficient (Wildman–Crippen LogP) is 14.4. The molecule has 0 unspecified atom stereocenters. The van der Waals surface area contributed by atoms with Gasteiger partial charge in [0.25, 0.3) is 0 Å². The number of nitrogens with zero attached hydrogens (tertiary/aromatic N) is 1. The summed E-state index contributed by atoms with van der Waals surface area (Å²) in [6.07, 6.45) is 45.3. The summed E-state index contributed by atoms with van der Waals surface area (Å²) in [4.78, 5) is 13.8. The Morgan fingerprint density at radius 1 is 0.450 bits per heavy atom. The highest BCUT2D eigenvalue weighted by molar-refractivity contribution is 6.39. The van der Waals surface area contributed by atoms with E-state index in [2.05, 4.69) is 20.8 Å². The van der Waals surface area contributed by atoms with Crippen molar-refractivity contribution in [1.82, 2.24) is 0 Å². The zero-order valence-electron chi connectivity index (χ0n) is 39.3. The molecule has 0 bridgehead atoms. The lowest BCUT2D eigenvalue weighted by atomic mass is 9.80. The highest BCUT2D eigenvalue weighted by Gasteiger charge is 2.32. The molecular weight excluding hydrogens is 743 g/mol. The minimum Gasteiger partial charge on any atom is -0.871 e. The average Bonchev–Trinajstić information content (AvgIpc) is 3.24. The molecule has 60 heavy (non-hydrogen) atoms. The molecule has 338 valence electrons. The zero-order chi connectivity index (χ0) is 43.0. The maximum atomic E-state index is 13.8. The molecular formula is C54H87NO5. The quantitative estimate of drug-likeness (QED) is 0.0379. The van der Waals surface area contributed by atoms with Gasteiger partial charge in [-0.25, -0.2) is 4.58 Å². The van der Waals surface area contributed by atoms with Crippen LogP contribution in [-0.2, 0) is 4.79 Å². The number of hydrogen-bond donors (Lipinski definition) is 0. The maximum absolute atomic E-state index is 13.8. The highest BCUT2D eigenvalue weighted by atomic mass is 16.5. The van der Waals surface area contributed by atoms with Crippen LogP contribution in [0.2, 0.25) is 0 Å². The van der Waals surface area contributed by atoms with Crippen LogP contribution in [0.5, 0.6) is 17.2 Å². The maximum Gasteiger partial charge on any atom is 0.203 e. The van der Waals surface area contributed by atoms with Gasteiger partial charge >= 0.3 is 0 Å². The minimum absolute atomic E-state index is 0.204. The topological polar surface area (TPSA) is 70.8 Å². The van der Waals surface area contributed by atoms with E-state index in [1.54, 1.807) is 0 Å². The zero-order valence-corrected chi connectivity index (χ0v) is 39.3. The van der Waals surface area contributed by atoms with Crippen LogP contribution in [0.1, 0.15) is 219 Å². The SMILES string of the molecule is CCCCCCCCCCCCOc1cc(C2=C([O-])C(=C3C=CC(=[N+](C)C)C=C3)C2=O)cc(OCCCCCCCCCCCC)c1OCCCCCCCCCCCC. The second-order valence-electron chi connectivity index (χ2n) is 17.7. The molecule has 6 heteroatoms. The summed E-state index contributed by atoms with van der Waals surface area (Å²) in [5, 5.41) is 13.8. The van der Waals surface area contributed by atoms with Crippen LogP contribution in [0.25, 0.3) is 5.57 Å². The fourth-order valence-electron chi connectivity index (χ4n) is 8.23. The second-order valence-corrected chi connectivity index (χ2v) is 17.7. The lowest BCUT2D eigenvalue weighted by Crippen LogP contribution is -2.30. The van der Waals surface area contributed by atoms with Crippen molar-refractivity contribution in [3.05, 3.63) is 58.9 Å². The average molecular weight is 830 g/mol. The summed E-state index contributed by atoms with van der Waals surface area (Å²) in [6.45, 7) is 8.50. The van der Waals surface area contributed by atoms with Gasteiger partial charge in [-0.2, -0.15) is 0 Å². The molecule has 0 saturated carbocycles. The number of ether oxygens (including phenoxy) is 3. The van der Waals surface area contributed by atoms with E-state index in [4.69, 9.17) is 14.2 Å². The molecule has 0 aliphatic heterocycles. The third kappa shape index (κ3) is 19.6. The van der Waals surface area contributed by atoms with Crippen molar-refractivity contribution in [2.45, 2.75) is 213 Å². The van der Waals surface area contributed by atoms with Gasteiger partial charge in [0, 0.05) is 23.3 Å². The van der Waals surface area contributed by atoms with Crippen LogP contribution in [0.4, 0.5) is 0 Å². The first-order chi connectivity index (χ1) is 29.4. The molecule has 2 aliphatic carbocycles.